The van der Waals surface area contributed by atoms with Gasteiger partial charge in [0.2, 0.25) is 0 Å². The lowest BCUT2D eigenvalue weighted by Gasteiger charge is -2.17. The smallest absolute Gasteiger partial charge is 0.191 e. The summed E-state index contributed by atoms with van der Waals surface area (Å²) in [5, 5.41) is 7.92. The zero-order valence-electron chi connectivity index (χ0n) is 15.5. The van der Waals surface area contributed by atoms with E-state index in [0.29, 0.717) is 6.54 Å². The van der Waals surface area contributed by atoms with Crippen LogP contribution in [0.1, 0.15) is 11.1 Å². The van der Waals surface area contributed by atoms with Gasteiger partial charge in [-0.3, -0.25) is 4.99 Å². The molecule has 0 aliphatic carbocycles. The molecule has 134 valence electrons. The monoisotopic (exact) mass is 347 g/mol. The highest BCUT2D eigenvalue weighted by Gasteiger charge is 2.08. The minimum absolute atomic E-state index is 0.679. The Morgan fingerprint density at radius 2 is 1.65 bits per heavy atom. The van der Waals surface area contributed by atoms with Crippen molar-refractivity contribution in [2.24, 2.45) is 4.99 Å². The van der Waals surface area contributed by atoms with Gasteiger partial charge >= 0.3 is 0 Å². The highest BCUT2D eigenvalue weighted by molar-refractivity contribution is 5.85. The number of anilines is 1. The Kier molecular flexibility index (Phi) is 5.69. The largest absolute Gasteiger partial charge is 0.363 e. The second kappa shape index (κ2) is 8.34. The molecule has 0 unspecified atom stereocenters. The predicted octanol–water partition coefficient (Wildman–Crippen LogP) is 3.17. The zero-order valence-corrected chi connectivity index (χ0v) is 15.5. The van der Waals surface area contributed by atoms with Crippen molar-refractivity contribution >= 4 is 22.7 Å². The highest BCUT2D eigenvalue weighted by Crippen LogP contribution is 2.21. The van der Waals surface area contributed by atoms with Crippen molar-refractivity contribution in [2.45, 2.75) is 13.1 Å². The van der Waals surface area contributed by atoms with E-state index in [2.05, 4.69) is 39.9 Å². The predicted molar refractivity (Wildman–Crippen MR) is 110 cm³/mol. The van der Waals surface area contributed by atoms with Crippen LogP contribution in [0.2, 0.25) is 0 Å². The molecular weight excluding hydrogens is 322 g/mol. The van der Waals surface area contributed by atoms with E-state index in [1.807, 2.05) is 55.4 Å². The van der Waals surface area contributed by atoms with Gasteiger partial charge in [-0.05, 0) is 23.3 Å². The molecule has 0 amide bonds. The number of hydrogen-bond acceptors (Lipinski definition) is 3. The van der Waals surface area contributed by atoms with E-state index in [4.69, 9.17) is 4.98 Å². The zero-order chi connectivity index (χ0) is 18.4. The summed E-state index contributed by atoms with van der Waals surface area (Å²) in [5.41, 5.74) is 3.42. The summed E-state index contributed by atoms with van der Waals surface area (Å²) >= 11 is 0. The summed E-state index contributed by atoms with van der Waals surface area (Å²) in [7, 11) is 5.81. The van der Waals surface area contributed by atoms with Gasteiger partial charge in [0.1, 0.15) is 5.82 Å². The van der Waals surface area contributed by atoms with Gasteiger partial charge in [0.05, 0.1) is 5.52 Å². The third-order valence-corrected chi connectivity index (χ3v) is 4.22. The summed E-state index contributed by atoms with van der Waals surface area (Å²) < 4.78 is 0. The molecule has 5 heteroatoms. The van der Waals surface area contributed by atoms with Gasteiger partial charge < -0.3 is 15.5 Å². The molecule has 2 aromatic carbocycles. The van der Waals surface area contributed by atoms with Crippen LogP contribution in [-0.4, -0.2) is 32.1 Å². The van der Waals surface area contributed by atoms with E-state index in [-0.39, 0.29) is 0 Å². The molecule has 0 radical (unpaired) electrons. The maximum Gasteiger partial charge on any atom is 0.191 e. The van der Waals surface area contributed by atoms with Gasteiger partial charge in [0.25, 0.3) is 0 Å². The second-order valence-electron chi connectivity index (χ2n) is 6.32. The van der Waals surface area contributed by atoms with Crippen LogP contribution in [0.5, 0.6) is 0 Å². The van der Waals surface area contributed by atoms with Crippen molar-refractivity contribution in [1.82, 2.24) is 15.6 Å². The van der Waals surface area contributed by atoms with Crippen molar-refractivity contribution in [3.8, 4) is 0 Å². The van der Waals surface area contributed by atoms with Crippen LogP contribution < -0.4 is 15.5 Å². The van der Waals surface area contributed by atoms with Crippen LogP contribution in [0.3, 0.4) is 0 Å². The maximum absolute atomic E-state index is 4.71. The number of rotatable bonds is 5. The maximum atomic E-state index is 4.71. The molecule has 0 saturated heterocycles. The lowest BCUT2D eigenvalue weighted by Crippen LogP contribution is -2.36. The number of aliphatic imine (C=N–C) groups is 1. The van der Waals surface area contributed by atoms with Crippen LogP contribution >= 0.6 is 0 Å². The molecule has 0 fully saturated rings. The molecule has 0 aliphatic heterocycles. The normalized spacial score (nSPS) is 11.4. The molecular formula is C21H25N5. The number of pyridine rings is 1. The van der Waals surface area contributed by atoms with Gasteiger partial charge in [-0.15, -0.1) is 0 Å². The summed E-state index contributed by atoms with van der Waals surface area (Å²) in [6.07, 6.45) is 0. The van der Waals surface area contributed by atoms with E-state index in [0.717, 1.165) is 29.2 Å². The third kappa shape index (κ3) is 4.30. The van der Waals surface area contributed by atoms with Gasteiger partial charge in [-0.2, -0.15) is 0 Å². The molecule has 0 aliphatic rings. The fraction of sp³-hybridized carbons (Fsp3) is 0.238. The van der Waals surface area contributed by atoms with E-state index >= 15 is 0 Å². The minimum Gasteiger partial charge on any atom is -0.363 e. The molecule has 0 spiro atoms. The second-order valence-corrected chi connectivity index (χ2v) is 6.32. The van der Waals surface area contributed by atoms with Crippen LogP contribution in [0, 0.1) is 0 Å². The van der Waals surface area contributed by atoms with E-state index in [1.165, 1.54) is 11.1 Å². The number of fused-ring (bicyclic) bond motifs is 1. The highest BCUT2D eigenvalue weighted by atomic mass is 15.2. The Bertz CT molecular complexity index is 887. The Morgan fingerprint density at radius 1 is 0.962 bits per heavy atom. The van der Waals surface area contributed by atoms with E-state index in [1.54, 1.807) is 7.05 Å². The van der Waals surface area contributed by atoms with Crippen molar-refractivity contribution in [3.63, 3.8) is 0 Å². The fourth-order valence-electron chi connectivity index (χ4n) is 2.79. The molecule has 3 rings (SSSR count). The van der Waals surface area contributed by atoms with Crippen LogP contribution in [0.15, 0.2) is 65.7 Å². The first kappa shape index (κ1) is 17.7. The van der Waals surface area contributed by atoms with Gasteiger partial charge in [-0.25, -0.2) is 4.98 Å². The SMILES string of the molecule is CN=C(NCc1ccccc1)NCc1cc(N(C)C)nc2ccccc12. The topological polar surface area (TPSA) is 52.6 Å². The molecule has 3 aromatic rings. The van der Waals surface area contributed by atoms with E-state index in [9.17, 15) is 0 Å². The van der Waals surface area contributed by atoms with Crippen LogP contribution in [-0.2, 0) is 13.1 Å². The lowest BCUT2D eigenvalue weighted by molar-refractivity contribution is 0.811. The average molecular weight is 347 g/mol. The third-order valence-electron chi connectivity index (χ3n) is 4.22. The molecule has 5 nitrogen and oxygen atoms in total. The summed E-state index contributed by atoms with van der Waals surface area (Å²) in [5.74, 6) is 1.73. The Balaban J connectivity index is 1.73. The summed E-state index contributed by atoms with van der Waals surface area (Å²) in [4.78, 5) is 11.1. The first-order chi connectivity index (χ1) is 12.7. The molecule has 1 heterocycles. The van der Waals surface area contributed by atoms with Crippen LogP contribution in [0.25, 0.3) is 10.9 Å². The Hall–Kier alpha value is -3.08. The van der Waals surface area contributed by atoms with Gasteiger partial charge in [-0.1, -0.05) is 48.5 Å². The van der Waals surface area contributed by atoms with Crippen molar-refractivity contribution < 1.29 is 0 Å². The van der Waals surface area contributed by atoms with Crippen LogP contribution in [0.4, 0.5) is 5.82 Å². The fourth-order valence-corrected chi connectivity index (χ4v) is 2.79. The molecule has 1 aromatic heterocycles. The Labute approximate surface area is 154 Å². The first-order valence-corrected chi connectivity index (χ1v) is 8.72. The number of nitrogens with one attached hydrogen (secondary N) is 2. The van der Waals surface area contributed by atoms with Gasteiger partial charge in [0.15, 0.2) is 5.96 Å². The minimum atomic E-state index is 0.679. The molecule has 2 N–H and O–H groups in total. The first-order valence-electron chi connectivity index (χ1n) is 8.72. The number of hydrogen-bond donors (Lipinski definition) is 2. The van der Waals surface area contributed by atoms with Crippen molar-refractivity contribution in [3.05, 3.63) is 71.8 Å². The van der Waals surface area contributed by atoms with Crippen molar-refractivity contribution in [2.75, 3.05) is 26.0 Å². The molecule has 0 atom stereocenters. The Morgan fingerprint density at radius 3 is 2.38 bits per heavy atom. The number of para-hydroxylation sites is 1. The quantitative estimate of drug-likeness (QED) is 0.550. The number of benzene rings is 2. The van der Waals surface area contributed by atoms with E-state index < -0.39 is 0 Å². The molecule has 0 bridgehead atoms. The molecule has 26 heavy (non-hydrogen) atoms. The lowest BCUT2D eigenvalue weighted by atomic mass is 10.1. The summed E-state index contributed by atoms with van der Waals surface area (Å²) in [6.45, 7) is 1.42. The standard InChI is InChI=1S/C21H25N5/c1-22-21(23-14-16-9-5-4-6-10-16)24-15-17-13-20(26(2)3)25-19-12-8-7-11-18(17)19/h4-13H,14-15H2,1-3H3,(H2,22,23,24). The number of guanidine groups is 1. The molecule has 0 saturated carbocycles. The number of nitrogens with zero attached hydrogens (tertiary/aromatic N) is 3. The van der Waals surface area contributed by atoms with Crippen molar-refractivity contribution in [1.29, 1.82) is 0 Å². The average Bonchev–Trinajstić information content (AvgIpc) is 2.68. The number of aromatic nitrogens is 1. The van der Waals surface area contributed by atoms with Gasteiger partial charge in [0, 0.05) is 39.6 Å². The summed E-state index contributed by atoms with van der Waals surface area (Å²) in [6, 6.07) is 20.6.